The van der Waals surface area contributed by atoms with Gasteiger partial charge in [0.2, 0.25) is 0 Å². The number of carbonyl (C=O) groups excluding carboxylic acids is 4. The van der Waals surface area contributed by atoms with Crippen LogP contribution in [0.2, 0.25) is 0 Å². The third kappa shape index (κ3) is 14.8. The molecule has 15 heteroatoms. The number of aliphatic hydroxyl groups excluding tert-OH is 1. The molecule has 3 aliphatic rings. The van der Waals surface area contributed by atoms with E-state index >= 15 is 0 Å². The predicted octanol–water partition coefficient (Wildman–Crippen LogP) is 5.13. The van der Waals surface area contributed by atoms with Crippen LogP contribution in [0, 0.1) is 17.8 Å². The molecule has 0 aromatic heterocycles. The normalized spacial score (nSPS) is 38.6. The highest BCUT2D eigenvalue weighted by Crippen LogP contribution is 2.38. The second-order valence-electron chi connectivity index (χ2n) is 17.5. The molecule has 0 unspecified atom stereocenters. The molecule has 1 N–H and O–H groups in total. The Morgan fingerprint density at radius 1 is 1.03 bits per heavy atom. The third-order valence-corrected chi connectivity index (χ3v) is 11.8. The Kier molecular flexibility index (Phi) is 21.5. The molecule has 60 heavy (non-hydrogen) atoms. The van der Waals surface area contributed by atoms with Crippen molar-refractivity contribution in [1.29, 1.82) is 0 Å². The maximum absolute atomic E-state index is 13.4. The van der Waals surface area contributed by atoms with Gasteiger partial charge in [-0.05, 0) is 79.0 Å². The first-order valence-corrected chi connectivity index (χ1v) is 21.7. The van der Waals surface area contributed by atoms with E-state index in [1.807, 2.05) is 39.8 Å². The van der Waals surface area contributed by atoms with Gasteiger partial charge in [0.15, 0.2) is 18.4 Å². The SMILES string of the molecule is CCC(=O)O[C@@H]1CC(=O)O[C@H](C)C/C=C/C=C/C(=O)[C@H](C)C[C@H](CC=O)[C@H](O[C@@H]2O[C@H](C)[C@@H](O[C@H]3C[C@@](C)(OC)[C@@H](OCCCC(C)C)[C@H](C)O3)[C@H](N(C)C)[C@H]2O)[C@H]1OC. The second-order valence-corrected chi connectivity index (χ2v) is 17.5. The summed E-state index contributed by atoms with van der Waals surface area (Å²) in [6.45, 7) is 15.8. The van der Waals surface area contributed by atoms with E-state index in [1.165, 1.54) is 13.2 Å². The van der Waals surface area contributed by atoms with Crippen LogP contribution in [-0.2, 0) is 61.8 Å². The molecule has 2 fully saturated rings. The van der Waals surface area contributed by atoms with Crippen LogP contribution in [0.25, 0.3) is 0 Å². The average molecular weight is 854 g/mol. The summed E-state index contributed by atoms with van der Waals surface area (Å²) in [5.41, 5.74) is -0.725. The number of hydrogen-bond acceptors (Lipinski definition) is 15. The summed E-state index contributed by atoms with van der Waals surface area (Å²) in [7, 11) is 6.66. The second kappa shape index (κ2) is 24.9. The Labute approximate surface area is 358 Å². The summed E-state index contributed by atoms with van der Waals surface area (Å²) in [4.78, 5) is 53.7. The van der Waals surface area contributed by atoms with Crippen LogP contribution >= 0.6 is 0 Å². The van der Waals surface area contributed by atoms with Gasteiger partial charge in [0, 0.05) is 52.4 Å². The number of allylic oxidation sites excluding steroid dienone is 3. The minimum atomic E-state index is -1.33. The Bertz CT molecular complexity index is 1410. The smallest absolute Gasteiger partial charge is 0.309 e. The highest BCUT2D eigenvalue weighted by molar-refractivity contribution is 5.91. The van der Waals surface area contributed by atoms with Gasteiger partial charge in [0.25, 0.3) is 0 Å². The van der Waals surface area contributed by atoms with Crippen molar-refractivity contribution in [3.8, 4) is 0 Å². The van der Waals surface area contributed by atoms with Crippen LogP contribution in [-0.4, -0.2) is 148 Å². The Morgan fingerprint density at radius 3 is 2.37 bits per heavy atom. The number of ether oxygens (including phenoxy) is 9. The van der Waals surface area contributed by atoms with Crippen molar-refractivity contribution in [2.24, 2.45) is 17.8 Å². The molecule has 15 nitrogen and oxygen atoms in total. The lowest BCUT2D eigenvalue weighted by molar-refractivity contribution is -0.347. The summed E-state index contributed by atoms with van der Waals surface area (Å²) in [6, 6.07) is -0.697. The number of ketones is 1. The predicted molar refractivity (Wildman–Crippen MR) is 223 cm³/mol. The number of esters is 2. The monoisotopic (exact) mass is 854 g/mol. The van der Waals surface area contributed by atoms with E-state index in [0.29, 0.717) is 25.4 Å². The van der Waals surface area contributed by atoms with Gasteiger partial charge in [-0.15, -0.1) is 0 Å². The molecule has 0 radical (unpaired) electrons. The highest BCUT2D eigenvalue weighted by Gasteiger charge is 2.53. The number of nitrogens with zero attached hydrogens (tertiary/aromatic N) is 1. The van der Waals surface area contributed by atoms with Gasteiger partial charge in [0.1, 0.15) is 42.9 Å². The summed E-state index contributed by atoms with van der Waals surface area (Å²) in [6.07, 6.45) is 0.204. The Morgan fingerprint density at radius 2 is 1.75 bits per heavy atom. The summed E-state index contributed by atoms with van der Waals surface area (Å²) in [5, 5.41) is 12.2. The first kappa shape index (κ1) is 51.7. The summed E-state index contributed by atoms with van der Waals surface area (Å²) in [5.74, 6) is -2.12. The van der Waals surface area contributed by atoms with E-state index in [4.69, 9.17) is 42.6 Å². The van der Waals surface area contributed by atoms with Gasteiger partial charge in [-0.1, -0.05) is 45.9 Å². The molecule has 0 amide bonds. The van der Waals surface area contributed by atoms with Gasteiger partial charge in [-0.3, -0.25) is 14.4 Å². The standard InChI is InChI=1S/C45H75NO14/c1-13-35(49)58-34-25-36(50)55-29(5)19-15-14-16-20-33(48)28(4)24-32(21-22-47)41(42(34)52-11)60-44-39(51)38(46(9)10)40(30(6)57-44)59-37-26-45(8,53-12)43(31(7)56-37)54-23-17-18-27(2)3/h14-16,20,22,27-32,34,37-44,51H,13,17-19,21,23-26H2,1-12H3/b15-14+,20-16+/t28-,29-,30-,31+,32+,34-,37+,38-,39-,40-,41+,42+,43+,44+,45-/m1/s1. The van der Waals surface area contributed by atoms with Gasteiger partial charge in [-0.2, -0.15) is 0 Å². The number of cyclic esters (lactones) is 1. The van der Waals surface area contributed by atoms with Gasteiger partial charge in [-0.25, -0.2) is 0 Å². The van der Waals surface area contributed by atoms with Crippen LogP contribution in [0.4, 0.5) is 0 Å². The van der Waals surface area contributed by atoms with Crippen molar-refractivity contribution >= 4 is 24.0 Å². The van der Waals surface area contributed by atoms with E-state index in [2.05, 4.69) is 13.8 Å². The van der Waals surface area contributed by atoms with Gasteiger partial charge >= 0.3 is 11.9 Å². The van der Waals surface area contributed by atoms with Crippen molar-refractivity contribution in [1.82, 2.24) is 4.90 Å². The fourth-order valence-electron chi connectivity index (χ4n) is 8.47. The van der Waals surface area contributed by atoms with Crippen LogP contribution in [0.5, 0.6) is 0 Å². The minimum absolute atomic E-state index is 0.0111. The summed E-state index contributed by atoms with van der Waals surface area (Å²) < 4.78 is 56.2. The molecule has 0 aromatic rings. The largest absolute Gasteiger partial charge is 0.462 e. The molecule has 3 heterocycles. The minimum Gasteiger partial charge on any atom is -0.462 e. The Hall–Kier alpha value is -2.60. The maximum Gasteiger partial charge on any atom is 0.309 e. The lowest BCUT2D eigenvalue weighted by Gasteiger charge is -2.51. The number of rotatable bonds is 16. The van der Waals surface area contributed by atoms with Crippen molar-refractivity contribution in [3.05, 3.63) is 24.3 Å². The first-order valence-electron chi connectivity index (χ1n) is 21.7. The Balaban J connectivity index is 1.98. The van der Waals surface area contributed by atoms with Crippen molar-refractivity contribution in [2.75, 3.05) is 34.9 Å². The van der Waals surface area contributed by atoms with E-state index in [1.54, 1.807) is 46.1 Å². The van der Waals surface area contributed by atoms with Crippen molar-refractivity contribution in [3.63, 3.8) is 0 Å². The van der Waals surface area contributed by atoms with E-state index in [-0.39, 0.29) is 43.7 Å². The quantitative estimate of drug-likeness (QED) is 0.123. The van der Waals surface area contributed by atoms with E-state index in [9.17, 15) is 24.3 Å². The zero-order valence-corrected chi connectivity index (χ0v) is 38.1. The van der Waals surface area contributed by atoms with E-state index < -0.39 is 90.7 Å². The lowest BCUT2D eigenvalue weighted by atomic mass is 9.83. The molecule has 2 saturated heterocycles. The fourth-order valence-corrected chi connectivity index (χ4v) is 8.47. The molecule has 0 bridgehead atoms. The molecular weight excluding hydrogens is 778 g/mol. The van der Waals surface area contributed by atoms with Crippen molar-refractivity contribution in [2.45, 2.75) is 186 Å². The zero-order chi connectivity index (χ0) is 44.7. The fraction of sp³-hybridized carbons (Fsp3) is 0.822. The molecule has 3 aliphatic heterocycles. The molecular formula is C45H75NO14. The molecule has 0 aliphatic carbocycles. The van der Waals surface area contributed by atoms with Gasteiger partial charge < -0.3 is 57.4 Å². The first-order chi connectivity index (χ1) is 28.4. The topological polar surface area (TPSA) is 175 Å². The van der Waals surface area contributed by atoms with E-state index in [0.717, 1.165) is 19.1 Å². The summed E-state index contributed by atoms with van der Waals surface area (Å²) >= 11 is 0. The maximum atomic E-state index is 13.4. The molecule has 0 aromatic carbocycles. The van der Waals surface area contributed by atoms with Crippen LogP contribution in [0.1, 0.15) is 107 Å². The molecule has 0 saturated carbocycles. The number of carbonyl (C=O) groups is 4. The number of methoxy groups -OCH3 is 2. The molecule has 0 spiro atoms. The number of likely N-dealkylation sites (N-methyl/N-ethyl adjacent to an activating group) is 1. The van der Waals surface area contributed by atoms with Crippen LogP contribution < -0.4 is 0 Å². The highest BCUT2D eigenvalue weighted by atomic mass is 16.7. The third-order valence-electron chi connectivity index (χ3n) is 11.8. The van der Waals surface area contributed by atoms with Crippen molar-refractivity contribution < 1.29 is 66.9 Å². The average Bonchev–Trinajstić information content (AvgIpc) is 3.17. The number of hydrogen-bond donors (Lipinski definition) is 1. The number of aliphatic hydroxyl groups is 1. The molecule has 344 valence electrons. The van der Waals surface area contributed by atoms with Crippen LogP contribution in [0.15, 0.2) is 24.3 Å². The van der Waals surface area contributed by atoms with Gasteiger partial charge in [0.05, 0.1) is 36.4 Å². The van der Waals surface area contributed by atoms with Crippen LogP contribution in [0.3, 0.4) is 0 Å². The molecule has 15 atom stereocenters. The zero-order valence-electron chi connectivity index (χ0n) is 38.1. The number of aldehydes is 1. The lowest BCUT2D eigenvalue weighted by Crippen LogP contribution is -2.66. The molecule has 3 rings (SSSR count).